The fourth-order valence-electron chi connectivity index (χ4n) is 4.54. The summed E-state index contributed by atoms with van der Waals surface area (Å²) < 4.78 is 12.1. The molecule has 1 amide bonds. The van der Waals surface area contributed by atoms with Crippen molar-refractivity contribution in [3.05, 3.63) is 76.0 Å². The zero-order valence-corrected chi connectivity index (χ0v) is 22.8. The van der Waals surface area contributed by atoms with Gasteiger partial charge >= 0.3 is 0 Å². The fraction of sp³-hybridized carbons (Fsp3) is 0.414. The summed E-state index contributed by atoms with van der Waals surface area (Å²) in [6.07, 6.45) is 1.59. The van der Waals surface area contributed by atoms with Crippen molar-refractivity contribution in [1.29, 1.82) is 0 Å². The molecule has 2 N–H and O–H groups in total. The minimum Gasteiger partial charge on any atom is -0.476 e. The van der Waals surface area contributed by atoms with Gasteiger partial charge in [-0.15, -0.1) is 5.10 Å². The number of anilines is 1. The number of amides is 1. The normalized spacial score (nSPS) is 18.7. The van der Waals surface area contributed by atoms with E-state index in [-0.39, 0.29) is 17.7 Å². The first-order chi connectivity index (χ1) is 17.8. The van der Waals surface area contributed by atoms with Crippen molar-refractivity contribution in [3.63, 3.8) is 0 Å². The second-order valence-corrected chi connectivity index (χ2v) is 10.1. The Kier molecular flexibility index (Phi) is 10.7. The smallest absolute Gasteiger partial charge is 0.253 e. The monoisotopic (exact) mass is 524 g/mol. The van der Waals surface area contributed by atoms with E-state index in [2.05, 4.69) is 41.4 Å². The molecule has 0 radical (unpaired) electrons. The molecule has 0 bridgehead atoms. The number of ether oxygens (including phenoxy) is 2. The third-order valence-corrected chi connectivity index (χ3v) is 6.54. The summed E-state index contributed by atoms with van der Waals surface area (Å²) in [4.78, 5) is 13.3. The maximum Gasteiger partial charge on any atom is 0.253 e. The second kappa shape index (κ2) is 14.0. The van der Waals surface area contributed by atoms with E-state index in [4.69, 9.17) is 21.1 Å². The number of carbonyl (C=O) groups excluding carboxylic acids is 1. The van der Waals surface area contributed by atoms with Gasteiger partial charge in [0, 0.05) is 53.1 Å². The van der Waals surface area contributed by atoms with Crippen molar-refractivity contribution < 1.29 is 14.3 Å². The van der Waals surface area contributed by atoms with Crippen LogP contribution in [-0.2, 0) is 20.7 Å². The molecule has 3 rings (SSSR count). The molecule has 0 saturated carbocycles. The van der Waals surface area contributed by atoms with Crippen LogP contribution >= 0.6 is 11.6 Å². The molecule has 1 fully saturated rings. The molecule has 0 spiro atoms. The SMILES string of the molecule is C=N/N=C(\OCC1COCC(/C(C(=O)Nc2ccccc2)=C(\C)NC)C1)c1cc(Cl)ccc1CC(C)C. The number of halogens is 1. The van der Waals surface area contributed by atoms with E-state index in [0.717, 1.165) is 35.4 Å². The molecule has 2 aromatic rings. The van der Waals surface area contributed by atoms with Gasteiger partial charge < -0.3 is 20.1 Å². The van der Waals surface area contributed by atoms with Crippen LogP contribution in [0.4, 0.5) is 5.69 Å². The molecule has 198 valence electrons. The highest BCUT2D eigenvalue weighted by Crippen LogP contribution is 2.29. The Bertz CT molecular complexity index is 1130. The van der Waals surface area contributed by atoms with Gasteiger partial charge in [-0.1, -0.05) is 49.7 Å². The van der Waals surface area contributed by atoms with Crippen LogP contribution in [0, 0.1) is 17.8 Å². The van der Waals surface area contributed by atoms with Crippen LogP contribution in [0.15, 0.2) is 70.0 Å². The molecule has 2 aromatic carbocycles. The van der Waals surface area contributed by atoms with Crippen LogP contribution in [0.1, 0.15) is 38.3 Å². The van der Waals surface area contributed by atoms with E-state index in [1.165, 1.54) is 0 Å². The summed E-state index contributed by atoms with van der Waals surface area (Å²) in [5.41, 5.74) is 4.16. The van der Waals surface area contributed by atoms with Crippen LogP contribution in [0.25, 0.3) is 0 Å². The lowest BCUT2D eigenvalue weighted by Gasteiger charge is -2.31. The molecule has 1 saturated heterocycles. The summed E-state index contributed by atoms with van der Waals surface area (Å²) in [6.45, 7) is 11.1. The first kappa shape index (κ1) is 28.4. The molecule has 1 aliphatic heterocycles. The quantitative estimate of drug-likeness (QED) is 0.181. The molecule has 8 heteroatoms. The van der Waals surface area contributed by atoms with Crippen molar-refractivity contribution in [1.82, 2.24) is 5.32 Å². The van der Waals surface area contributed by atoms with E-state index in [1.807, 2.05) is 62.5 Å². The van der Waals surface area contributed by atoms with Crippen LogP contribution in [0.2, 0.25) is 5.02 Å². The zero-order chi connectivity index (χ0) is 26.8. The van der Waals surface area contributed by atoms with E-state index in [1.54, 1.807) is 0 Å². The third-order valence-electron chi connectivity index (χ3n) is 6.30. The van der Waals surface area contributed by atoms with Crippen LogP contribution < -0.4 is 10.6 Å². The Labute approximate surface area is 225 Å². The second-order valence-electron chi connectivity index (χ2n) is 9.70. The van der Waals surface area contributed by atoms with Gasteiger partial charge in [0.15, 0.2) is 0 Å². The van der Waals surface area contributed by atoms with E-state index in [9.17, 15) is 4.79 Å². The van der Waals surface area contributed by atoms with E-state index < -0.39 is 0 Å². The van der Waals surface area contributed by atoms with Gasteiger partial charge in [-0.2, -0.15) is 5.10 Å². The van der Waals surface area contributed by atoms with Gasteiger partial charge in [-0.25, -0.2) is 0 Å². The molecular weight excluding hydrogens is 488 g/mol. The van der Waals surface area contributed by atoms with Gasteiger partial charge in [0.05, 0.1) is 19.8 Å². The molecule has 2 atom stereocenters. The topological polar surface area (TPSA) is 84.3 Å². The predicted octanol–water partition coefficient (Wildman–Crippen LogP) is 5.70. The maximum atomic E-state index is 13.3. The molecule has 0 aliphatic carbocycles. The van der Waals surface area contributed by atoms with E-state index in [0.29, 0.717) is 42.2 Å². The van der Waals surface area contributed by atoms with Crippen molar-refractivity contribution in [2.45, 2.75) is 33.6 Å². The Morgan fingerprint density at radius 2 is 1.97 bits per heavy atom. The average Bonchev–Trinajstić information content (AvgIpc) is 2.88. The van der Waals surface area contributed by atoms with Gasteiger partial charge in [0.1, 0.15) is 0 Å². The Hall–Kier alpha value is -3.16. The van der Waals surface area contributed by atoms with Gasteiger partial charge in [0.25, 0.3) is 5.91 Å². The first-order valence-corrected chi connectivity index (χ1v) is 13.0. The highest BCUT2D eigenvalue weighted by molar-refractivity contribution is 6.31. The number of nitrogens with zero attached hydrogens (tertiary/aromatic N) is 2. The molecule has 0 aromatic heterocycles. The number of allylic oxidation sites excluding steroid dienone is 1. The Morgan fingerprint density at radius 1 is 1.22 bits per heavy atom. The lowest BCUT2D eigenvalue weighted by atomic mass is 9.86. The number of para-hydroxylation sites is 1. The number of rotatable bonds is 10. The zero-order valence-electron chi connectivity index (χ0n) is 22.1. The molecular formula is C29H37ClN4O3. The summed E-state index contributed by atoms with van der Waals surface area (Å²) in [6, 6.07) is 15.2. The number of benzene rings is 2. The predicted molar refractivity (Wildman–Crippen MR) is 151 cm³/mol. The van der Waals surface area contributed by atoms with Crippen molar-refractivity contribution in [3.8, 4) is 0 Å². The largest absolute Gasteiger partial charge is 0.476 e. The molecule has 1 heterocycles. The summed E-state index contributed by atoms with van der Waals surface area (Å²) in [5, 5.41) is 14.7. The average molecular weight is 525 g/mol. The van der Waals surface area contributed by atoms with Crippen molar-refractivity contribution in [2.24, 2.45) is 28.0 Å². The Balaban J connectivity index is 1.75. The number of hydrogen-bond acceptors (Lipinski definition) is 6. The van der Waals surface area contributed by atoms with Crippen LogP contribution in [0.3, 0.4) is 0 Å². The van der Waals surface area contributed by atoms with E-state index >= 15 is 0 Å². The highest BCUT2D eigenvalue weighted by atomic mass is 35.5. The van der Waals surface area contributed by atoms with Crippen molar-refractivity contribution in [2.75, 3.05) is 32.2 Å². The van der Waals surface area contributed by atoms with Crippen molar-refractivity contribution >= 4 is 35.8 Å². The molecule has 2 unspecified atom stereocenters. The maximum absolute atomic E-state index is 13.3. The minimum absolute atomic E-state index is 0.0608. The highest BCUT2D eigenvalue weighted by Gasteiger charge is 2.31. The Morgan fingerprint density at radius 3 is 2.65 bits per heavy atom. The number of carbonyl (C=O) groups is 1. The lowest BCUT2D eigenvalue weighted by Crippen LogP contribution is -2.35. The van der Waals surface area contributed by atoms with Gasteiger partial charge in [0.2, 0.25) is 5.90 Å². The lowest BCUT2D eigenvalue weighted by molar-refractivity contribution is -0.114. The van der Waals surface area contributed by atoms with Gasteiger partial charge in [-0.3, -0.25) is 4.79 Å². The fourth-order valence-corrected chi connectivity index (χ4v) is 4.71. The standard InChI is InChI=1S/C29H37ClN4O3/c1-19(2)13-22-11-12-24(30)15-26(22)29(34-32-5)37-17-21-14-23(18-36-16-21)27(20(3)31-4)28(35)33-25-9-7-6-8-10-25/h6-12,15,19,21,23,31H,5,13-14,16-18H2,1-4H3,(H,33,35)/b27-20-,34-29-. The van der Waals surface area contributed by atoms with Crippen LogP contribution in [-0.4, -0.2) is 45.4 Å². The van der Waals surface area contributed by atoms with Crippen LogP contribution in [0.5, 0.6) is 0 Å². The number of nitrogens with one attached hydrogen (secondary N) is 2. The molecule has 1 aliphatic rings. The molecule has 37 heavy (non-hydrogen) atoms. The minimum atomic E-state index is -0.136. The summed E-state index contributed by atoms with van der Waals surface area (Å²) in [5.74, 6) is 0.681. The third kappa shape index (κ3) is 8.17. The summed E-state index contributed by atoms with van der Waals surface area (Å²) in [7, 11) is 1.82. The summed E-state index contributed by atoms with van der Waals surface area (Å²) >= 11 is 6.31. The first-order valence-electron chi connectivity index (χ1n) is 12.6. The van der Waals surface area contributed by atoms with Gasteiger partial charge in [-0.05, 0) is 55.5 Å². The number of hydrogen-bond donors (Lipinski definition) is 2. The molecule has 7 nitrogen and oxygen atoms in total.